The Bertz CT molecular complexity index is 297. The quantitative estimate of drug-likeness (QED) is 0.689. The van der Waals surface area contributed by atoms with Crippen molar-refractivity contribution in [2.75, 3.05) is 6.54 Å². The maximum Gasteiger partial charge on any atom is 0.0762 e. The van der Waals surface area contributed by atoms with Crippen molar-refractivity contribution in [3.05, 3.63) is 18.0 Å². The number of nitrogens with one attached hydrogen (secondary N) is 1. The molecule has 1 aromatic heterocycles. The van der Waals surface area contributed by atoms with Crippen molar-refractivity contribution in [2.24, 2.45) is 7.05 Å². The molecular formula is C10H16N4. The Morgan fingerprint density at radius 3 is 3.07 bits per heavy atom. The lowest BCUT2D eigenvalue weighted by atomic mass is 10.2. The Morgan fingerprint density at radius 1 is 1.57 bits per heavy atom. The Balaban J connectivity index is 2.02. The Labute approximate surface area is 84.5 Å². The second kappa shape index (κ2) is 6.17. The maximum absolute atomic E-state index is 8.32. The highest BCUT2D eigenvalue weighted by Crippen LogP contribution is 1.95. The van der Waals surface area contributed by atoms with Gasteiger partial charge in [-0.05, 0) is 25.5 Å². The molecule has 4 nitrogen and oxygen atoms in total. The van der Waals surface area contributed by atoms with E-state index in [-0.39, 0.29) is 0 Å². The fourth-order valence-electron chi connectivity index (χ4n) is 1.23. The Morgan fingerprint density at radius 2 is 2.43 bits per heavy atom. The van der Waals surface area contributed by atoms with Gasteiger partial charge < -0.3 is 5.32 Å². The molecule has 0 amide bonds. The minimum atomic E-state index is 0.658. The molecule has 14 heavy (non-hydrogen) atoms. The van der Waals surface area contributed by atoms with Gasteiger partial charge in [0.2, 0.25) is 0 Å². The van der Waals surface area contributed by atoms with Gasteiger partial charge in [-0.25, -0.2) is 0 Å². The average molecular weight is 192 g/mol. The predicted octanol–water partition coefficient (Wildman–Crippen LogP) is 1.20. The van der Waals surface area contributed by atoms with Crippen molar-refractivity contribution in [3.8, 4) is 6.07 Å². The van der Waals surface area contributed by atoms with Crippen molar-refractivity contribution in [2.45, 2.75) is 25.8 Å². The zero-order chi connectivity index (χ0) is 10.2. The molecule has 0 saturated heterocycles. The number of unbranched alkanes of at least 4 members (excludes halogenated alkanes) is 2. The smallest absolute Gasteiger partial charge is 0.0762 e. The lowest BCUT2D eigenvalue weighted by Crippen LogP contribution is -2.15. The number of nitriles is 1. The van der Waals surface area contributed by atoms with E-state index in [0.717, 1.165) is 31.6 Å². The summed E-state index contributed by atoms with van der Waals surface area (Å²) in [6, 6.07) is 4.14. The van der Waals surface area contributed by atoms with Gasteiger partial charge in [0.05, 0.1) is 11.8 Å². The van der Waals surface area contributed by atoms with Crippen molar-refractivity contribution in [3.63, 3.8) is 0 Å². The molecule has 1 heterocycles. The molecule has 0 spiro atoms. The van der Waals surface area contributed by atoms with Crippen LogP contribution in [0.1, 0.15) is 25.0 Å². The number of rotatable bonds is 6. The van der Waals surface area contributed by atoms with Crippen LogP contribution in [0.2, 0.25) is 0 Å². The molecule has 0 aliphatic carbocycles. The summed E-state index contributed by atoms with van der Waals surface area (Å²) in [6.07, 6.45) is 4.63. The molecule has 0 unspecified atom stereocenters. The highest BCUT2D eigenvalue weighted by Gasteiger charge is 1.95. The number of aromatic nitrogens is 2. The van der Waals surface area contributed by atoms with Gasteiger partial charge in [-0.2, -0.15) is 10.4 Å². The van der Waals surface area contributed by atoms with Crippen LogP contribution in [-0.2, 0) is 13.6 Å². The second-order valence-electron chi connectivity index (χ2n) is 3.27. The molecular weight excluding hydrogens is 176 g/mol. The van der Waals surface area contributed by atoms with Crippen LogP contribution in [0.15, 0.2) is 12.3 Å². The molecule has 1 aromatic rings. The standard InChI is InChI=1S/C10H16N4/c1-14-8-5-10(13-14)9-12-7-4-2-3-6-11/h5,8,12H,2-4,7,9H2,1H3. The molecule has 0 aliphatic rings. The van der Waals surface area contributed by atoms with Crippen LogP contribution in [0.4, 0.5) is 0 Å². The summed E-state index contributed by atoms with van der Waals surface area (Å²) in [5.74, 6) is 0. The zero-order valence-electron chi connectivity index (χ0n) is 8.53. The van der Waals surface area contributed by atoms with E-state index >= 15 is 0 Å². The summed E-state index contributed by atoms with van der Waals surface area (Å²) < 4.78 is 1.80. The summed E-state index contributed by atoms with van der Waals surface area (Å²) in [5, 5.41) is 15.9. The number of hydrogen-bond acceptors (Lipinski definition) is 3. The number of aryl methyl sites for hydroxylation is 1. The van der Waals surface area contributed by atoms with Gasteiger partial charge in [-0.3, -0.25) is 4.68 Å². The summed E-state index contributed by atoms with van der Waals surface area (Å²) in [5.41, 5.74) is 1.06. The van der Waals surface area contributed by atoms with E-state index in [1.807, 2.05) is 19.3 Å². The molecule has 4 heteroatoms. The van der Waals surface area contributed by atoms with Crippen molar-refractivity contribution < 1.29 is 0 Å². The molecule has 0 atom stereocenters. The lowest BCUT2D eigenvalue weighted by molar-refractivity contribution is 0.613. The molecule has 0 radical (unpaired) electrons. The first-order valence-electron chi connectivity index (χ1n) is 4.89. The van der Waals surface area contributed by atoms with Gasteiger partial charge in [-0.1, -0.05) is 0 Å². The first kappa shape index (κ1) is 10.7. The van der Waals surface area contributed by atoms with Gasteiger partial charge in [0.25, 0.3) is 0 Å². The van der Waals surface area contributed by atoms with Crippen LogP contribution >= 0.6 is 0 Å². The third kappa shape index (κ3) is 4.06. The average Bonchev–Trinajstić information content (AvgIpc) is 2.58. The molecule has 0 saturated carbocycles. The Kier molecular flexibility index (Phi) is 4.73. The highest BCUT2D eigenvalue weighted by molar-refractivity contribution is 4.97. The Hall–Kier alpha value is -1.34. The van der Waals surface area contributed by atoms with E-state index in [9.17, 15) is 0 Å². The fraction of sp³-hybridized carbons (Fsp3) is 0.600. The third-order valence-corrected chi connectivity index (χ3v) is 1.97. The first-order valence-corrected chi connectivity index (χ1v) is 4.89. The van der Waals surface area contributed by atoms with E-state index in [4.69, 9.17) is 5.26 Å². The van der Waals surface area contributed by atoms with E-state index in [0.29, 0.717) is 6.42 Å². The van der Waals surface area contributed by atoms with Crippen LogP contribution in [0, 0.1) is 11.3 Å². The number of hydrogen-bond donors (Lipinski definition) is 1. The molecule has 0 aromatic carbocycles. The van der Waals surface area contributed by atoms with Crippen LogP contribution in [0.5, 0.6) is 0 Å². The van der Waals surface area contributed by atoms with Gasteiger partial charge in [0.1, 0.15) is 0 Å². The van der Waals surface area contributed by atoms with Crippen LogP contribution in [0.3, 0.4) is 0 Å². The van der Waals surface area contributed by atoms with Crippen molar-refractivity contribution in [1.29, 1.82) is 5.26 Å². The van der Waals surface area contributed by atoms with Crippen LogP contribution in [-0.4, -0.2) is 16.3 Å². The lowest BCUT2D eigenvalue weighted by Gasteiger charge is -2.00. The van der Waals surface area contributed by atoms with Gasteiger partial charge in [0, 0.05) is 26.2 Å². The van der Waals surface area contributed by atoms with E-state index in [1.54, 1.807) is 4.68 Å². The third-order valence-electron chi connectivity index (χ3n) is 1.97. The first-order chi connectivity index (χ1) is 6.83. The van der Waals surface area contributed by atoms with Crippen LogP contribution < -0.4 is 5.32 Å². The molecule has 76 valence electrons. The topological polar surface area (TPSA) is 53.6 Å². The van der Waals surface area contributed by atoms with Crippen LogP contribution in [0.25, 0.3) is 0 Å². The second-order valence-corrected chi connectivity index (χ2v) is 3.27. The molecule has 0 aliphatic heterocycles. The van der Waals surface area contributed by atoms with Gasteiger partial charge >= 0.3 is 0 Å². The summed E-state index contributed by atoms with van der Waals surface area (Å²) in [4.78, 5) is 0. The largest absolute Gasteiger partial charge is 0.311 e. The molecule has 1 N–H and O–H groups in total. The molecule has 1 rings (SSSR count). The monoisotopic (exact) mass is 192 g/mol. The van der Waals surface area contributed by atoms with E-state index in [1.165, 1.54) is 0 Å². The van der Waals surface area contributed by atoms with E-state index in [2.05, 4.69) is 16.5 Å². The zero-order valence-corrected chi connectivity index (χ0v) is 8.53. The van der Waals surface area contributed by atoms with Gasteiger partial charge in [0.15, 0.2) is 0 Å². The summed E-state index contributed by atoms with van der Waals surface area (Å²) in [7, 11) is 1.91. The van der Waals surface area contributed by atoms with Crippen molar-refractivity contribution >= 4 is 0 Å². The predicted molar refractivity (Wildman–Crippen MR) is 54.4 cm³/mol. The minimum absolute atomic E-state index is 0.658. The SMILES string of the molecule is Cn1ccc(CNCCCCC#N)n1. The summed E-state index contributed by atoms with van der Waals surface area (Å²) in [6.45, 7) is 1.77. The minimum Gasteiger partial charge on any atom is -0.311 e. The number of nitrogens with zero attached hydrogens (tertiary/aromatic N) is 3. The summed E-state index contributed by atoms with van der Waals surface area (Å²) >= 11 is 0. The fourth-order valence-corrected chi connectivity index (χ4v) is 1.23. The maximum atomic E-state index is 8.32. The molecule has 0 bridgehead atoms. The molecule has 0 fully saturated rings. The highest BCUT2D eigenvalue weighted by atomic mass is 15.3. The van der Waals surface area contributed by atoms with Gasteiger partial charge in [-0.15, -0.1) is 0 Å². The van der Waals surface area contributed by atoms with E-state index < -0.39 is 0 Å². The van der Waals surface area contributed by atoms with Crippen molar-refractivity contribution in [1.82, 2.24) is 15.1 Å². The normalized spacial score (nSPS) is 10.0.